The van der Waals surface area contributed by atoms with E-state index in [1.54, 1.807) is 12.1 Å². The summed E-state index contributed by atoms with van der Waals surface area (Å²) in [5, 5.41) is 2.82. The van der Waals surface area contributed by atoms with Gasteiger partial charge in [-0.2, -0.15) is 0 Å². The summed E-state index contributed by atoms with van der Waals surface area (Å²) in [6.07, 6.45) is 1.22. The van der Waals surface area contributed by atoms with Gasteiger partial charge in [-0.1, -0.05) is 31.2 Å². The van der Waals surface area contributed by atoms with E-state index in [0.29, 0.717) is 0 Å². The molecule has 0 aliphatic carbocycles. The lowest BCUT2D eigenvalue weighted by atomic mass is 10.1. The third kappa shape index (κ3) is 3.91. The summed E-state index contributed by atoms with van der Waals surface area (Å²) in [4.78, 5) is 11.8. The van der Waals surface area contributed by atoms with Gasteiger partial charge in [0.25, 0.3) is 0 Å². The number of benzene rings is 2. The second kappa shape index (κ2) is 6.14. The minimum absolute atomic E-state index is 0.101. The van der Waals surface area contributed by atoms with Crippen molar-refractivity contribution in [2.45, 2.75) is 19.8 Å². The van der Waals surface area contributed by atoms with E-state index in [9.17, 15) is 9.18 Å². The zero-order valence-corrected chi connectivity index (χ0v) is 10.8. The molecule has 0 spiro atoms. The van der Waals surface area contributed by atoms with Crippen LogP contribution < -0.4 is 5.32 Å². The molecule has 0 unspecified atom stereocenters. The number of nitrogens with one attached hydrogen (secondary N) is 1. The largest absolute Gasteiger partial charge is 0.326 e. The molecule has 0 atom stereocenters. The maximum absolute atomic E-state index is 12.7. The van der Waals surface area contributed by atoms with Gasteiger partial charge in [0.15, 0.2) is 0 Å². The number of anilines is 1. The van der Waals surface area contributed by atoms with E-state index in [2.05, 4.69) is 12.2 Å². The first-order chi connectivity index (χ1) is 9.17. The van der Waals surface area contributed by atoms with Crippen molar-refractivity contribution in [2.75, 3.05) is 5.32 Å². The second-order valence-electron chi connectivity index (χ2n) is 4.40. The minimum Gasteiger partial charge on any atom is -0.326 e. The molecule has 1 N–H and O–H groups in total. The third-order valence-corrected chi connectivity index (χ3v) is 2.92. The molecule has 0 aromatic heterocycles. The molecule has 2 nitrogen and oxygen atoms in total. The Morgan fingerprint density at radius 3 is 2.16 bits per heavy atom. The van der Waals surface area contributed by atoms with Crippen LogP contribution in [0.15, 0.2) is 48.5 Å². The van der Waals surface area contributed by atoms with E-state index < -0.39 is 0 Å². The van der Waals surface area contributed by atoms with Crippen molar-refractivity contribution in [3.63, 3.8) is 0 Å². The van der Waals surface area contributed by atoms with Crippen molar-refractivity contribution in [3.05, 3.63) is 65.5 Å². The first-order valence-corrected chi connectivity index (χ1v) is 6.30. The molecule has 0 aliphatic heterocycles. The van der Waals surface area contributed by atoms with Crippen LogP contribution in [0.5, 0.6) is 0 Å². The Morgan fingerprint density at radius 1 is 1.00 bits per heavy atom. The van der Waals surface area contributed by atoms with E-state index in [4.69, 9.17) is 0 Å². The first-order valence-electron chi connectivity index (χ1n) is 6.30. The maximum atomic E-state index is 12.7. The number of carbonyl (C=O) groups is 1. The molecule has 0 saturated carbocycles. The topological polar surface area (TPSA) is 29.1 Å². The fraction of sp³-hybridized carbons (Fsp3) is 0.188. The fourth-order valence-corrected chi connectivity index (χ4v) is 1.82. The van der Waals surface area contributed by atoms with Crippen LogP contribution in [0.3, 0.4) is 0 Å². The third-order valence-electron chi connectivity index (χ3n) is 2.92. The fourth-order valence-electron chi connectivity index (χ4n) is 1.82. The number of halogens is 1. The van der Waals surface area contributed by atoms with Crippen LogP contribution in [0.1, 0.15) is 18.1 Å². The molecule has 0 fully saturated rings. The Hall–Kier alpha value is -2.16. The standard InChI is InChI=1S/C16H16FNO/c1-2-12-5-9-15(10-6-12)18-16(19)11-13-3-7-14(17)8-4-13/h3-10H,2,11H2,1H3,(H,18,19). The molecule has 0 radical (unpaired) electrons. The molecule has 0 bridgehead atoms. The predicted molar refractivity (Wildman–Crippen MR) is 74.6 cm³/mol. The highest BCUT2D eigenvalue weighted by Gasteiger charge is 2.04. The van der Waals surface area contributed by atoms with Gasteiger partial charge in [0, 0.05) is 5.69 Å². The quantitative estimate of drug-likeness (QED) is 0.891. The lowest BCUT2D eigenvalue weighted by molar-refractivity contribution is -0.115. The smallest absolute Gasteiger partial charge is 0.228 e. The second-order valence-corrected chi connectivity index (χ2v) is 4.40. The molecule has 98 valence electrons. The van der Waals surface area contributed by atoms with Gasteiger partial charge in [-0.15, -0.1) is 0 Å². The van der Waals surface area contributed by atoms with Gasteiger partial charge in [-0.25, -0.2) is 4.39 Å². The number of aryl methyl sites for hydroxylation is 1. The number of carbonyl (C=O) groups excluding carboxylic acids is 1. The van der Waals surface area contributed by atoms with E-state index in [1.807, 2.05) is 24.3 Å². The molecule has 2 aromatic carbocycles. The van der Waals surface area contributed by atoms with Crippen LogP contribution >= 0.6 is 0 Å². The molecule has 1 amide bonds. The van der Waals surface area contributed by atoms with Crippen LogP contribution in [-0.4, -0.2) is 5.91 Å². The molecule has 2 aromatic rings. The molecule has 0 aliphatic rings. The minimum atomic E-state index is -0.292. The Morgan fingerprint density at radius 2 is 1.58 bits per heavy atom. The lowest BCUT2D eigenvalue weighted by Gasteiger charge is -2.06. The van der Waals surface area contributed by atoms with Crippen molar-refractivity contribution in [3.8, 4) is 0 Å². The highest BCUT2D eigenvalue weighted by Crippen LogP contribution is 2.11. The van der Waals surface area contributed by atoms with Crippen molar-refractivity contribution in [1.82, 2.24) is 0 Å². The normalized spacial score (nSPS) is 10.2. The van der Waals surface area contributed by atoms with Crippen molar-refractivity contribution < 1.29 is 9.18 Å². The van der Waals surface area contributed by atoms with Gasteiger partial charge in [0.1, 0.15) is 5.82 Å². The van der Waals surface area contributed by atoms with Gasteiger partial charge in [0.2, 0.25) is 5.91 Å². The average Bonchev–Trinajstić information content (AvgIpc) is 2.42. The monoisotopic (exact) mass is 257 g/mol. The van der Waals surface area contributed by atoms with Crippen LogP contribution in [0.2, 0.25) is 0 Å². The summed E-state index contributed by atoms with van der Waals surface area (Å²) in [6, 6.07) is 13.7. The number of hydrogen-bond acceptors (Lipinski definition) is 1. The van der Waals surface area contributed by atoms with Gasteiger partial charge >= 0.3 is 0 Å². The summed E-state index contributed by atoms with van der Waals surface area (Å²) < 4.78 is 12.7. The van der Waals surface area contributed by atoms with E-state index in [0.717, 1.165) is 17.7 Å². The summed E-state index contributed by atoms with van der Waals surface area (Å²) in [5.41, 5.74) is 2.81. The van der Waals surface area contributed by atoms with E-state index in [1.165, 1.54) is 17.7 Å². The maximum Gasteiger partial charge on any atom is 0.228 e. The SMILES string of the molecule is CCc1ccc(NC(=O)Cc2ccc(F)cc2)cc1. The van der Waals surface area contributed by atoms with Crippen molar-refractivity contribution in [1.29, 1.82) is 0 Å². The van der Waals surface area contributed by atoms with E-state index in [-0.39, 0.29) is 18.1 Å². The summed E-state index contributed by atoms with van der Waals surface area (Å²) in [6.45, 7) is 2.09. The molecule has 2 rings (SSSR count). The highest BCUT2D eigenvalue weighted by molar-refractivity contribution is 5.92. The molecule has 19 heavy (non-hydrogen) atoms. The zero-order chi connectivity index (χ0) is 13.7. The van der Waals surface area contributed by atoms with Gasteiger partial charge in [0.05, 0.1) is 6.42 Å². The highest BCUT2D eigenvalue weighted by atomic mass is 19.1. The summed E-state index contributed by atoms with van der Waals surface area (Å²) in [7, 11) is 0. The van der Waals surface area contributed by atoms with Gasteiger partial charge in [-0.05, 0) is 41.8 Å². The van der Waals surface area contributed by atoms with Crippen molar-refractivity contribution >= 4 is 11.6 Å². The number of hydrogen-bond donors (Lipinski definition) is 1. The van der Waals surface area contributed by atoms with Crippen LogP contribution in [0.25, 0.3) is 0 Å². The Labute approximate surface area is 112 Å². The molecule has 0 heterocycles. The lowest BCUT2D eigenvalue weighted by Crippen LogP contribution is -2.14. The Bertz CT molecular complexity index is 546. The first kappa shape index (κ1) is 13.3. The Kier molecular flexibility index (Phi) is 4.29. The molecular formula is C16H16FNO. The van der Waals surface area contributed by atoms with Crippen LogP contribution in [0, 0.1) is 5.82 Å². The van der Waals surface area contributed by atoms with E-state index >= 15 is 0 Å². The zero-order valence-electron chi connectivity index (χ0n) is 10.8. The molecule has 0 saturated heterocycles. The van der Waals surface area contributed by atoms with Gasteiger partial charge < -0.3 is 5.32 Å². The predicted octanol–water partition coefficient (Wildman–Crippen LogP) is 3.57. The summed E-state index contributed by atoms with van der Waals surface area (Å²) >= 11 is 0. The average molecular weight is 257 g/mol. The summed E-state index contributed by atoms with van der Waals surface area (Å²) in [5.74, 6) is -0.393. The van der Waals surface area contributed by atoms with Gasteiger partial charge in [-0.3, -0.25) is 4.79 Å². The number of rotatable bonds is 4. The van der Waals surface area contributed by atoms with Crippen LogP contribution in [0.4, 0.5) is 10.1 Å². The van der Waals surface area contributed by atoms with Crippen molar-refractivity contribution in [2.24, 2.45) is 0 Å². The number of amides is 1. The molecular weight excluding hydrogens is 241 g/mol. The Balaban J connectivity index is 1.95. The molecule has 3 heteroatoms. The van der Waals surface area contributed by atoms with Crippen LogP contribution in [-0.2, 0) is 17.6 Å².